The monoisotopic (exact) mass is 466 g/mol. The highest BCUT2D eigenvalue weighted by atomic mass is 35.5. The van der Waals surface area contributed by atoms with E-state index >= 15 is 0 Å². The zero-order chi connectivity index (χ0) is 22.1. The van der Waals surface area contributed by atoms with Crippen molar-refractivity contribution in [2.45, 2.75) is 51.6 Å². The second kappa shape index (κ2) is 12.2. The Labute approximate surface area is 193 Å². The summed E-state index contributed by atoms with van der Waals surface area (Å²) in [6, 6.07) is 14.6. The summed E-state index contributed by atoms with van der Waals surface area (Å²) >= 11 is 13.7. The summed E-state index contributed by atoms with van der Waals surface area (Å²) < 4.78 is 0. The van der Waals surface area contributed by atoms with Crippen LogP contribution in [-0.2, 0) is 21.9 Å². The van der Waals surface area contributed by atoms with E-state index in [0.717, 1.165) is 11.1 Å². The van der Waals surface area contributed by atoms with Crippen molar-refractivity contribution in [3.8, 4) is 0 Å². The molecule has 162 valence electrons. The Kier molecular flexibility index (Phi) is 10.0. The van der Waals surface area contributed by atoms with Crippen LogP contribution in [0.5, 0.6) is 0 Å². The number of carbonyl (C=O) groups is 2. The van der Waals surface area contributed by atoms with E-state index in [2.05, 4.69) is 5.32 Å². The van der Waals surface area contributed by atoms with Gasteiger partial charge in [-0.1, -0.05) is 66.5 Å². The van der Waals surface area contributed by atoms with Gasteiger partial charge in [0, 0.05) is 28.4 Å². The number of nitrogens with one attached hydrogen (secondary N) is 1. The van der Waals surface area contributed by atoms with E-state index in [1.165, 1.54) is 11.8 Å². The maximum absolute atomic E-state index is 13.1. The molecule has 0 fully saturated rings. The molecular formula is C23H28Cl2N2O2S. The summed E-state index contributed by atoms with van der Waals surface area (Å²) in [5.74, 6) is 0.662. The average molecular weight is 467 g/mol. The first-order chi connectivity index (χ1) is 14.3. The van der Waals surface area contributed by atoms with Gasteiger partial charge >= 0.3 is 0 Å². The van der Waals surface area contributed by atoms with Crippen molar-refractivity contribution >= 4 is 46.8 Å². The van der Waals surface area contributed by atoms with Gasteiger partial charge in [-0.2, -0.15) is 0 Å². The molecule has 0 aromatic heterocycles. The Bertz CT molecular complexity index is 846. The molecule has 0 heterocycles. The molecule has 1 atom stereocenters. The Morgan fingerprint density at radius 2 is 1.80 bits per heavy atom. The number of hydrogen-bond donors (Lipinski definition) is 1. The van der Waals surface area contributed by atoms with Crippen LogP contribution in [0, 0.1) is 0 Å². The SMILES string of the molecule is CC[C@@H](C(=O)NC(C)C)N(Cc1ccccc1)C(=O)CSCc1ccc(Cl)cc1Cl. The third kappa shape index (κ3) is 7.53. The van der Waals surface area contributed by atoms with Crippen LogP contribution in [0.15, 0.2) is 48.5 Å². The molecule has 0 unspecified atom stereocenters. The summed E-state index contributed by atoms with van der Waals surface area (Å²) in [5, 5.41) is 4.11. The fourth-order valence-corrected chi connectivity index (χ4v) is 4.52. The number of benzene rings is 2. The number of nitrogens with zero attached hydrogens (tertiary/aromatic N) is 1. The predicted molar refractivity (Wildman–Crippen MR) is 127 cm³/mol. The molecule has 0 bridgehead atoms. The Morgan fingerprint density at radius 3 is 2.40 bits per heavy atom. The molecular weight excluding hydrogens is 439 g/mol. The minimum Gasteiger partial charge on any atom is -0.352 e. The van der Waals surface area contributed by atoms with Crippen molar-refractivity contribution in [2.75, 3.05) is 5.75 Å². The topological polar surface area (TPSA) is 49.4 Å². The zero-order valence-electron chi connectivity index (χ0n) is 17.5. The van der Waals surface area contributed by atoms with E-state index in [4.69, 9.17) is 23.2 Å². The molecule has 2 rings (SSSR count). The van der Waals surface area contributed by atoms with Crippen LogP contribution in [0.1, 0.15) is 38.3 Å². The van der Waals surface area contributed by atoms with Gasteiger partial charge in [-0.05, 0) is 43.5 Å². The molecule has 7 heteroatoms. The van der Waals surface area contributed by atoms with Crippen LogP contribution in [-0.4, -0.2) is 34.6 Å². The van der Waals surface area contributed by atoms with Crippen molar-refractivity contribution in [1.82, 2.24) is 10.2 Å². The number of hydrogen-bond acceptors (Lipinski definition) is 3. The highest BCUT2D eigenvalue weighted by Gasteiger charge is 2.28. The highest BCUT2D eigenvalue weighted by molar-refractivity contribution is 7.99. The van der Waals surface area contributed by atoms with E-state index in [1.54, 1.807) is 17.0 Å². The minimum absolute atomic E-state index is 0.0154. The van der Waals surface area contributed by atoms with E-state index in [9.17, 15) is 9.59 Å². The standard InChI is InChI=1S/C23H28Cl2N2O2S/c1-4-21(23(29)26-16(2)3)27(13-17-8-6-5-7-9-17)22(28)15-30-14-18-10-11-19(24)12-20(18)25/h5-12,16,21H,4,13-15H2,1-3H3,(H,26,29)/t21-/m0/s1. The number of halogens is 2. The lowest BCUT2D eigenvalue weighted by Crippen LogP contribution is -2.50. The Balaban J connectivity index is 2.11. The molecule has 2 aromatic carbocycles. The van der Waals surface area contributed by atoms with Crippen LogP contribution >= 0.6 is 35.0 Å². The highest BCUT2D eigenvalue weighted by Crippen LogP contribution is 2.25. The summed E-state index contributed by atoms with van der Waals surface area (Å²) in [4.78, 5) is 27.6. The summed E-state index contributed by atoms with van der Waals surface area (Å²) in [7, 11) is 0. The first kappa shape index (κ1) is 24.6. The van der Waals surface area contributed by atoms with Gasteiger partial charge < -0.3 is 10.2 Å². The maximum Gasteiger partial charge on any atom is 0.243 e. The third-order valence-corrected chi connectivity index (χ3v) is 6.06. The Hall–Kier alpha value is -1.69. The van der Waals surface area contributed by atoms with Gasteiger partial charge in [-0.25, -0.2) is 0 Å². The molecule has 2 aromatic rings. The largest absolute Gasteiger partial charge is 0.352 e. The van der Waals surface area contributed by atoms with Gasteiger partial charge in [0.15, 0.2) is 0 Å². The Morgan fingerprint density at radius 1 is 1.10 bits per heavy atom. The number of carbonyl (C=O) groups excluding carboxylic acids is 2. The molecule has 0 aliphatic carbocycles. The van der Waals surface area contributed by atoms with Crippen LogP contribution < -0.4 is 5.32 Å². The lowest BCUT2D eigenvalue weighted by Gasteiger charge is -2.31. The third-order valence-electron chi connectivity index (χ3n) is 4.51. The summed E-state index contributed by atoms with van der Waals surface area (Å²) in [6.07, 6.45) is 0.546. The van der Waals surface area contributed by atoms with Gasteiger partial charge in [-0.15, -0.1) is 11.8 Å². The minimum atomic E-state index is -0.514. The summed E-state index contributed by atoms with van der Waals surface area (Å²) in [6.45, 7) is 6.15. The quantitative estimate of drug-likeness (QED) is 0.498. The van der Waals surface area contributed by atoms with Crippen molar-refractivity contribution < 1.29 is 9.59 Å². The second-order valence-electron chi connectivity index (χ2n) is 7.32. The van der Waals surface area contributed by atoms with Crippen molar-refractivity contribution in [2.24, 2.45) is 0 Å². The fourth-order valence-electron chi connectivity index (χ4n) is 3.05. The van der Waals surface area contributed by atoms with E-state index < -0.39 is 6.04 Å². The lowest BCUT2D eigenvalue weighted by atomic mass is 10.1. The molecule has 0 saturated carbocycles. The number of rotatable bonds is 10. The first-order valence-corrected chi connectivity index (χ1v) is 11.9. The van der Waals surface area contributed by atoms with Crippen LogP contribution in [0.2, 0.25) is 10.0 Å². The van der Waals surface area contributed by atoms with E-state index in [1.807, 2.05) is 57.2 Å². The second-order valence-corrected chi connectivity index (χ2v) is 9.15. The van der Waals surface area contributed by atoms with Crippen molar-refractivity contribution in [1.29, 1.82) is 0 Å². The molecule has 30 heavy (non-hydrogen) atoms. The average Bonchev–Trinajstić information content (AvgIpc) is 2.69. The van der Waals surface area contributed by atoms with Crippen LogP contribution in [0.25, 0.3) is 0 Å². The molecule has 0 radical (unpaired) electrons. The van der Waals surface area contributed by atoms with Crippen molar-refractivity contribution in [3.05, 3.63) is 69.7 Å². The molecule has 1 N–H and O–H groups in total. The zero-order valence-corrected chi connectivity index (χ0v) is 19.9. The first-order valence-electron chi connectivity index (χ1n) is 9.97. The van der Waals surface area contributed by atoms with Crippen LogP contribution in [0.4, 0.5) is 0 Å². The molecule has 0 saturated heterocycles. The number of amides is 2. The van der Waals surface area contributed by atoms with Gasteiger partial charge in [-0.3, -0.25) is 9.59 Å². The number of thioether (sulfide) groups is 1. The fraction of sp³-hybridized carbons (Fsp3) is 0.391. The molecule has 2 amide bonds. The predicted octanol–water partition coefficient (Wildman–Crippen LogP) is 5.56. The van der Waals surface area contributed by atoms with Gasteiger partial charge in [0.25, 0.3) is 0 Å². The van der Waals surface area contributed by atoms with Gasteiger partial charge in [0.2, 0.25) is 11.8 Å². The summed E-state index contributed by atoms with van der Waals surface area (Å²) in [5.41, 5.74) is 1.92. The molecule has 0 aliphatic rings. The molecule has 0 spiro atoms. The van der Waals surface area contributed by atoms with Crippen molar-refractivity contribution in [3.63, 3.8) is 0 Å². The van der Waals surface area contributed by atoms with E-state index in [-0.39, 0.29) is 23.6 Å². The van der Waals surface area contributed by atoms with E-state index in [0.29, 0.717) is 28.8 Å². The normalized spacial score (nSPS) is 11.9. The maximum atomic E-state index is 13.1. The molecule has 0 aliphatic heterocycles. The van der Waals surface area contributed by atoms with Gasteiger partial charge in [0.1, 0.15) is 6.04 Å². The smallest absolute Gasteiger partial charge is 0.243 e. The van der Waals surface area contributed by atoms with Gasteiger partial charge in [0.05, 0.1) is 5.75 Å². The lowest BCUT2D eigenvalue weighted by molar-refractivity contribution is -0.139. The molecule has 4 nitrogen and oxygen atoms in total. The van der Waals surface area contributed by atoms with Crippen LogP contribution in [0.3, 0.4) is 0 Å².